The summed E-state index contributed by atoms with van der Waals surface area (Å²) in [6.07, 6.45) is 4.17. The zero-order valence-corrected chi connectivity index (χ0v) is 13.6. The third-order valence-corrected chi connectivity index (χ3v) is 4.67. The molecule has 2 aliphatic rings. The van der Waals surface area contributed by atoms with E-state index in [-0.39, 0.29) is 24.0 Å². The van der Waals surface area contributed by atoms with E-state index in [4.69, 9.17) is 9.15 Å². The number of amides is 1. The maximum absolute atomic E-state index is 12.6. The number of rotatable bonds is 4. The van der Waals surface area contributed by atoms with Crippen LogP contribution in [-0.4, -0.2) is 41.1 Å². The Morgan fingerprint density at radius 2 is 2.29 bits per heavy atom. The molecule has 6 nitrogen and oxygen atoms in total. The van der Waals surface area contributed by atoms with Gasteiger partial charge >= 0.3 is 0 Å². The summed E-state index contributed by atoms with van der Waals surface area (Å²) < 4.78 is 11.7. The number of ether oxygens (including phenoxy) is 1. The summed E-state index contributed by atoms with van der Waals surface area (Å²) in [6.45, 7) is 4.31. The van der Waals surface area contributed by atoms with E-state index in [1.165, 1.54) is 0 Å². The van der Waals surface area contributed by atoms with E-state index in [9.17, 15) is 4.79 Å². The number of nitrogens with zero attached hydrogens (tertiary/aromatic N) is 2. The number of nitrogens with one attached hydrogen (secondary N) is 1. The SMILES string of the molecule is Cc1ccc(CN2C[C@H]3C[C@@H](C(=O)Nc4cccnc4)[C@@H](C2)O3)o1. The second-order valence-electron chi connectivity index (χ2n) is 6.58. The van der Waals surface area contributed by atoms with E-state index in [2.05, 4.69) is 15.2 Å². The van der Waals surface area contributed by atoms with Gasteiger partial charge in [-0.2, -0.15) is 0 Å². The highest BCUT2D eigenvalue weighted by molar-refractivity contribution is 5.93. The van der Waals surface area contributed by atoms with Crippen molar-refractivity contribution in [2.75, 3.05) is 18.4 Å². The Bertz CT molecular complexity index is 715. The van der Waals surface area contributed by atoms with Gasteiger partial charge in [0.05, 0.1) is 36.6 Å². The zero-order chi connectivity index (χ0) is 16.5. The number of carbonyl (C=O) groups excluding carboxylic acids is 1. The molecule has 2 aromatic heterocycles. The summed E-state index contributed by atoms with van der Waals surface area (Å²) in [7, 11) is 0. The Balaban J connectivity index is 1.39. The second-order valence-corrected chi connectivity index (χ2v) is 6.58. The van der Waals surface area contributed by atoms with E-state index in [1.807, 2.05) is 31.2 Å². The highest BCUT2D eigenvalue weighted by atomic mass is 16.5. The molecule has 0 spiro atoms. The van der Waals surface area contributed by atoms with Gasteiger partial charge < -0.3 is 14.5 Å². The highest BCUT2D eigenvalue weighted by Gasteiger charge is 2.44. The van der Waals surface area contributed by atoms with Gasteiger partial charge in [0.2, 0.25) is 5.91 Å². The smallest absolute Gasteiger partial charge is 0.230 e. The first-order chi connectivity index (χ1) is 11.7. The summed E-state index contributed by atoms with van der Waals surface area (Å²) in [4.78, 5) is 18.9. The first kappa shape index (κ1) is 15.4. The van der Waals surface area contributed by atoms with Gasteiger partial charge in [-0.05, 0) is 37.6 Å². The summed E-state index contributed by atoms with van der Waals surface area (Å²) in [5, 5.41) is 2.95. The van der Waals surface area contributed by atoms with Gasteiger partial charge in [-0.1, -0.05) is 0 Å². The van der Waals surface area contributed by atoms with Crippen molar-refractivity contribution in [2.24, 2.45) is 5.92 Å². The minimum absolute atomic E-state index is 0.0196. The standard InChI is InChI=1S/C18H21N3O3/c1-12-4-5-14(23-12)9-21-10-15-7-16(17(11-21)24-15)18(22)20-13-3-2-6-19-8-13/h2-6,8,15-17H,7,9-11H2,1H3,(H,20,22)/t15-,16-,17-/m1/s1. The molecule has 126 valence electrons. The van der Waals surface area contributed by atoms with Crippen LogP contribution < -0.4 is 5.32 Å². The normalized spacial score (nSPS) is 26.5. The summed E-state index contributed by atoms with van der Waals surface area (Å²) in [5.41, 5.74) is 0.729. The predicted molar refractivity (Wildman–Crippen MR) is 88.4 cm³/mol. The molecule has 0 radical (unpaired) electrons. The molecule has 0 unspecified atom stereocenters. The lowest BCUT2D eigenvalue weighted by atomic mass is 9.99. The molecule has 2 aromatic rings. The Kier molecular flexibility index (Phi) is 4.08. The van der Waals surface area contributed by atoms with E-state index in [0.717, 1.165) is 43.3 Å². The lowest BCUT2D eigenvalue weighted by molar-refractivity contribution is -0.123. The van der Waals surface area contributed by atoms with Gasteiger partial charge in [0, 0.05) is 19.3 Å². The van der Waals surface area contributed by atoms with Gasteiger partial charge in [-0.3, -0.25) is 14.7 Å². The molecule has 2 saturated heterocycles. The molecular formula is C18H21N3O3. The Hall–Kier alpha value is -2.18. The number of furan rings is 1. The number of likely N-dealkylation sites (tertiary alicyclic amines) is 1. The maximum Gasteiger partial charge on any atom is 0.230 e. The van der Waals surface area contributed by atoms with Crippen molar-refractivity contribution in [3.63, 3.8) is 0 Å². The van der Waals surface area contributed by atoms with Crippen molar-refractivity contribution in [3.05, 3.63) is 48.2 Å². The van der Waals surface area contributed by atoms with E-state index >= 15 is 0 Å². The van der Waals surface area contributed by atoms with Crippen molar-refractivity contribution >= 4 is 11.6 Å². The molecule has 4 heterocycles. The lowest BCUT2D eigenvalue weighted by Crippen LogP contribution is -2.44. The Labute approximate surface area is 140 Å². The summed E-state index contributed by atoms with van der Waals surface area (Å²) in [6, 6.07) is 7.65. The molecule has 24 heavy (non-hydrogen) atoms. The predicted octanol–water partition coefficient (Wildman–Crippen LogP) is 2.21. The van der Waals surface area contributed by atoms with Crippen molar-refractivity contribution in [2.45, 2.75) is 32.1 Å². The van der Waals surface area contributed by atoms with Gasteiger partial charge in [-0.15, -0.1) is 0 Å². The summed E-state index contributed by atoms with van der Waals surface area (Å²) >= 11 is 0. The van der Waals surface area contributed by atoms with Crippen LogP contribution in [0.15, 0.2) is 41.1 Å². The van der Waals surface area contributed by atoms with Crippen LogP contribution >= 0.6 is 0 Å². The molecule has 6 heteroatoms. The van der Waals surface area contributed by atoms with Crippen LogP contribution in [0.4, 0.5) is 5.69 Å². The number of hydrogen-bond donors (Lipinski definition) is 1. The van der Waals surface area contributed by atoms with Crippen molar-refractivity contribution in [3.8, 4) is 0 Å². The molecule has 4 rings (SSSR count). The van der Waals surface area contributed by atoms with Crippen molar-refractivity contribution in [1.82, 2.24) is 9.88 Å². The maximum atomic E-state index is 12.6. The number of hydrogen-bond acceptors (Lipinski definition) is 5. The fraction of sp³-hybridized carbons (Fsp3) is 0.444. The van der Waals surface area contributed by atoms with Crippen LogP contribution in [0.1, 0.15) is 17.9 Å². The van der Waals surface area contributed by atoms with Gasteiger partial charge in [0.1, 0.15) is 11.5 Å². The number of anilines is 1. The minimum Gasteiger partial charge on any atom is -0.465 e. The second kappa shape index (κ2) is 6.37. The van der Waals surface area contributed by atoms with Crippen LogP contribution in [0.3, 0.4) is 0 Å². The van der Waals surface area contributed by atoms with Crippen LogP contribution in [0.25, 0.3) is 0 Å². The molecule has 1 N–H and O–H groups in total. The number of fused-ring (bicyclic) bond motifs is 2. The average molecular weight is 327 g/mol. The number of aromatic nitrogens is 1. The number of aryl methyl sites for hydroxylation is 1. The van der Waals surface area contributed by atoms with E-state index in [1.54, 1.807) is 12.4 Å². The van der Waals surface area contributed by atoms with E-state index in [0.29, 0.717) is 0 Å². The molecule has 3 atom stereocenters. The molecule has 1 amide bonds. The molecule has 0 saturated carbocycles. The van der Waals surface area contributed by atoms with Crippen LogP contribution in [0.2, 0.25) is 0 Å². The first-order valence-corrected chi connectivity index (χ1v) is 8.31. The fourth-order valence-electron chi connectivity index (χ4n) is 3.60. The number of morpholine rings is 1. The average Bonchev–Trinajstić information content (AvgIpc) is 3.11. The third kappa shape index (κ3) is 3.20. The van der Waals surface area contributed by atoms with Gasteiger partial charge in [-0.25, -0.2) is 0 Å². The van der Waals surface area contributed by atoms with Gasteiger partial charge in [0.15, 0.2) is 0 Å². The zero-order valence-electron chi connectivity index (χ0n) is 13.6. The van der Waals surface area contributed by atoms with Crippen LogP contribution in [-0.2, 0) is 16.1 Å². The Morgan fingerprint density at radius 3 is 3.04 bits per heavy atom. The number of pyridine rings is 1. The molecule has 2 bridgehead atoms. The first-order valence-electron chi connectivity index (χ1n) is 8.31. The molecule has 0 aliphatic carbocycles. The third-order valence-electron chi connectivity index (χ3n) is 4.67. The monoisotopic (exact) mass is 327 g/mol. The largest absolute Gasteiger partial charge is 0.465 e. The van der Waals surface area contributed by atoms with Crippen molar-refractivity contribution in [1.29, 1.82) is 0 Å². The fourth-order valence-corrected chi connectivity index (χ4v) is 3.60. The van der Waals surface area contributed by atoms with Crippen LogP contribution in [0, 0.1) is 12.8 Å². The van der Waals surface area contributed by atoms with Crippen molar-refractivity contribution < 1.29 is 13.9 Å². The number of carbonyl (C=O) groups is 1. The summed E-state index contributed by atoms with van der Waals surface area (Å²) in [5.74, 6) is 1.80. The minimum atomic E-state index is -0.112. The van der Waals surface area contributed by atoms with Crippen LogP contribution in [0.5, 0.6) is 0 Å². The van der Waals surface area contributed by atoms with Gasteiger partial charge in [0.25, 0.3) is 0 Å². The van der Waals surface area contributed by atoms with E-state index < -0.39 is 0 Å². The molecule has 0 aromatic carbocycles. The quantitative estimate of drug-likeness (QED) is 0.932. The highest BCUT2D eigenvalue weighted by Crippen LogP contribution is 2.33. The molecule has 2 fully saturated rings. The lowest BCUT2D eigenvalue weighted by Gasteiger charge is -2.32. The Morgan fingerprint density at radius 1 is 1.38 bits per heavy atom. The molecule has 2 aliphatic heterocycles. The molecular weight excluding hydrogens is 306 g/mol. The topological polar surface area (TPSA) is 67.6 Å².